The Labute approximate surface area is 214 Å². The number of hydrogen-bond acceptors (Lipinski definition) is 12. The van der Waals surface area contributed by atoms with Gasteiger partial charge in [0.25, 0.3) is 20.2 Å². The molecule has 0 saturated heterocycles. The highest BCUT2D eigenvalue weighted by Gasteiger charge is 2.28. The van der Waals surface area contributed by atoms with Crippen molar-refractivity contribution >= 4 is 53.8 Å². The fourth-order valence-corrected chi connectivity index (χ4v) is 4.67. The molecule has 0 aromatic heterocycles. The summed E-state index contributed by atoms with van der Waals surface area (Å²) in [7, 11) is -10.2. The zero-order valence-corrected chi connectivity index (χ0v) is 20.3. The summed E-state index contributed by atoms with van der Waals surface area (Å²) in [6.07, 6.45) is 0. The molecular weight excluding hydrogens is 544 g/mol. The molecule has 0 spiro atoms. The molecule has 0 fully saturated rings. The van der Waals surface area contributed by atoms with Gasteiger partial charge in [-0.15, -0.1) is 20.5 Å². The van der Waals surface area contributed by atoms with Crippen LogP contribution in [0.5, 0.6) is 23.0 Å². The second kappa shape index (κ2) is 9.67. The molecule has 0 atom stereocenters. The summed E-state index contributed by atoms with van der Waals surface area (Å²) >= 11 is 0. The maximum Gasteiger partial charge on any atom is 0.296 e. The molecule has 196 valence electrons. The Morgan fingerprint density at radius 2 is 0.921 bits per heavy atom. The molecule has 0 heterocycles. The molecule has 0 aliphatic heterocycles. The first kappa shape index (κ1) is 26.4. The number of rotatable bonds is 6. The van der Waals surface area contributed by atoms with Crippen LogP contribution in [0.2, 0.25) is 0 Å². The topological polar surface area (TPSA) is 239 Å². The lowest BCUT2D eigenvalue weighted by molar-refractivity contribution is 0.458. The summed E-state index contributed by atoms with van der Waals surface area (Å²) in [5.41, 5.74) is -2.03. The molecule has 0 radical (unpaired) electrons. The molecule has 0 aliphatic rings. The van der Waals surface area contributed by atoms with Gasteiger partial charge in [-0.05, 0) is 41.8 Å². The fourth-order valence-electron chi connectivity index (χ4n) is 3.35. The van der Waals surface area contributed by atoms with Crippen LogP contribution in [0.1, 0.15) is 0 Å². The maximum atomic E-state index is 12.1. The van der Waals surface area contributed by atoms with E-state index >= 15 is 0 Å². The van der Waals surface area contributed by atoms with E-state index in [9.17, 15) is 46.4 Å². The van der Waals surface area contributed by atoms with Crippen LogP contribution in [0.4, 0.5) is 22.7 Å². The van der Waals surface area contributed by atoms with Gasteiger partial charge in [0.05, 0.1) is 5.39 Å². The highest BCUT2D eigenvalue weighted by atomic mass is 32.2. The monoisotopic (exact) mass is 560 g/mol. The molecule has 0 saturated carbocycles. The van der Waals surface area contributed by atoms with E-state index in [-0.39, 0.29) is 22.9 Å². The molecule has 4 aromatic carbocycles. The minimum absolute atomic E-state index is 0.142. The zero-order chi connectivity index (χ0) is 27.8. The Kier molecular flexibility index (Phi) is 6.73. The van der Waals surface area contributed by atoms with Crippen LogP contribution < -0.4 is 0 Å². The van der Waals surface area contributed by atoms with Crippen molar-refractivity contribution in [1.82, 2.24) is 0 Å². The minimum atomic E-state index is -5.12. The molecule has 6 N–H and O–H groups in total. The molecule has 0 aliphatic carbocycles. The number of phenolic OH excluding ortho intramolecular Hbond substituents is 4. The van der Waals surface area contributed by atoms with Gasteiger partial charge in [0.15, 0.2) is 11.5 Å². The van der Waals surface area contributed by atoms with Crippen molar-refractivity contribution in [2.75, 3.05) is 0 Å². The van der Waals surface area contributed by atoms with E-state index in [2.05, 4.69) is 20.5 Å². The summed E-state index contributed by atoms with van der Waals surface area (Å²) in [6.45, 7) is 0. The van der Waals surface area contributed by atoms with Gasteiger partial charge in [0, 0.05) is 0 Å². The third-order valence-corrected chi connectivity index (χ3v) is 6.82. The first-order valence-electron chi connectivity index (χ1n) is 10.2. The lowest BCUT2D eigenvalue weighted by Gasteiger charge is -2.13. The van der Waals surface area contributed by atoms with Gasteiger partial charge in [-0.3, -0.25) is 9.11 Å². The minimum Gasteiger partial charge on any atom is -0.506 e. The van der Waals surface area contributed by atoms with Gasteiger partial charge in [0.2, 0.25) is 0 Å². The third kappa shape index (κ3) is 5.09. The van der Waals surface area contributed by atoms with Gasteiger partial charge in [0.1, 0.15) is 44.0 Å². The lowest BCUT2D eigenvalue weighted by atomic mass is 10.1. The number of phenols is 4. The standard InChI is InChI=1S/C22H16N4O10S2/c27-14-7-3-1-5-12(14)23-25-19-16(37(31,32)33)9-11-10-17(38(34,35)36)20(22(30)18(11)21(19)29)26-24-13-6-2-4-8-15(13)28/h1-10,27-30H,(H,31,32,33)(H,34,35,36). The number of hydrogen-bond donors (Lipinski definition) is 6. The number of nitrogens with zero attached hydrogens (tertiary/aromatic N) is 4. The summed E-state index contributed by atoms with van der Waals surface area (Å²) in [6, 6.07) is 12.3. The molecule has 4 aromatic rings. The molecule has 0 bridgehead atoms. The average molecular weight is 561 g/mol. The van der Waals surface area contributed by atoms with Crippen molar-refractivity contribution in [2.24, 2.45) is 20.5 Å². The highest BCUT2D eigenvalue weighted by Crippen LogP contribution is 2.50. The Hall–Kier alpha value is -4.64. The lowest BCUT2D eigenvalue weighted by Crippen LogP contribution is -2.01. The first-order valence-corrected chi connectivity index (χ1v) is 13.1. The second-order valence-corrected chi connectivity index (χ2v) is 10.3. The van der Waals surface area contributed by atoms with E-state index in [0.29, 0.717) is 12.1 Å². The van der Waals surface area contributed by atoms with Gasteiger partial charge < -0.3 is 20.4 Å². The largest absolute Gasteiger partial charge is 0.506 e. The van der Waals surface area contributed by atoms with Crippen LogP contribution in [-0.4, -0.2) is 46.4 Å². The number of aromatic hydroxyl groups is 4. The predicted octanol–water partition coefficient (Wildman–Crippen LogP) is 4.99. The van der Waals surface area contributed by atoms with E-state index in [0.717, 1.165) is 0 Å². The van der Waals surface area contributed by atoms with E-state index in [1.807, 2.05) is 0 Å². The highest BCUT2D eigenvalue weighted by molar-refractivity contribution is 7.86. The Morgan fingerprint density at radius 3 is 1.26 bits per heavy atom. The predicted molar refractivity (Wildman–Crippen MR) is 131 cm³/mol. The van der Waals surface area contributed by atoms with Crippen molar-refractivity contribution in [3.05, 3.63) is 60.7 Å². The molecule has 14 nitrogen and oxygen atoms in total. The smallest absolute Gasteiger partial charge is 0.296 e. The van der Waals surface area contributed by atoms with Crippen LogP contribution in [-0.2, 0) is 20.2 Å². The Bertz CT molecular complexity index is 1740. The SMILES string of the molecule is O=S(=O)(O)c1cc2cc(S(=O)(=O)O)c(N=Nc3ccccc3O)c(O)c2c(O)c1N=Nc1ccccc1O. The normalized spacial score (nSPS) is 12.6. The van der Waals surface area contributed by atoms with Gasteiger partial charge in [-0.2, -0.15) is 16.8 Å². The van der Waals surface area contributed by atoms with E-state index in [1.165, 1.54) is 48.5 Å². The van der Waals surface area contributed by atoms with Crippen LogP contribution in [0.3, 0.4) is 0 Å². The molecule has 16 heteroatoms. The molecular formula is C22H16N4O10S2. The number of benzene rings is 4. The zero-order valence-electron chi connectivity index (χ0n) is 18.7. The summed E-state index contributed by atoms with van der Waals surface area (Å²) in [5, 5.41) is 55.0. The summed E-state index contributed by atoms with van der Waals surface area (Å²) < 4.78 is 67.7. The quantitative estimate of drug-likeness (QED) is 0.136. The number of azo groups is 2. The molecule has 0 unspecified atom stereocenters. The van der Waals surface area contributed by atoms with Crippen LogP contribution in [0, 0.1) is 0 Å². The molecule has 38 heavy (non-hydrogen) atoms. The fraction of sp³-hybridized carbons (Fsp3) is 0. The van der Waals surface area contributed by atoms with Crippen LogP contribution in [0.15, 0.2) is 90.9 Å². The van der Waals surface area contributed by atoms with Crippen molar-refractivity contribution in [1.29, 1.82) is 0 Å². The third-order valence-electron chi connectivity index (χ3n) is 5.09. The number of fused-ring (bicyclic) bond motifs is 1. The second-order valence-electron chi connectivity index (χ2n) is 7.57. The Balaban J connectivity index is 2.05. The van der Waals surface area contributed by atoms with Crippen LogP contribution in [0.25, 0.3) is 10.8 Å². The van der Waals surface area contributed by atoms with E-state index in [1.54, 1.807) is 0 Å². The Morgan fingerprint density at radius 1 is 0.553 bits per heavy atom. The molecule has 4 rings (SSSR count). The van der Waals surface area contributed by atoms with E-state index in [4.69, 9.17) is 0 Å². The van der Waals surface area contributed by atoms with Gasteiger partial charge in [-0.25, -0.2) is 0 Å². The van der Waals surface area contributed by atoms with Crippen molar-refractivity contribution in [3.63, 3.8) is 0 Å². The van der Waals surface area contributed by atoms with Crippen molar-refractivity contribution in [3.8, 4) is 23.0 Å². The van der Waals surface area contributed by atoms with Crippen molar-refractivity contribution < 1.29 is 46.4 Å². The molecule has 0 amide bonds. The van der Waals surface area contributed by atoms with Gasteiger partial charge in [-0.1, -0.05) is 24.3 Å². The van der Waals surface area contributed by atoms with Gasteiger partial charge >= 0.3 is 0 Å². The number of para-hydroxylation sites is 2. The average Bonchev–Trinajstić information content (AvgIpc) is 2.83. The maximum absolute atomic E-state index is 12.1. The first-order chi connectivity index (χ1) is 17.8. The van der Waals surface area contributed by atoms with E-state index < -0.39 is 63.7 Å². The summed E-state index contributed by atoms with van der Waals surface area (Å²) in [5.74, 6) is -2.85. The van der Waals surface area contributed by atoms with Crippen molar-refractivity contribution in [2.45, 2.75) is 9.79 Å². The van der Waals surface area contributed by atoms with Crippen LogP contribution >= 0.6 is 0 Å². The summed E-state index contributed by atoms with van der Waals surface area (Å²) in [4.78, 5) is -2.07.